The highest BCUT2D eigenvalue weighted by Gasteiger charge is 2.21. The normalized spacial score (nSPS) is 10.2. The fourth-order valence-corrected chi connectivity index (χ4v) is 0.889. The lowest BCUT2D eigenvalue weighted by molar-refractivity contribution is 0.100. The van der Waals surface area contributed by atoms with Gasteiger partial charge in [-0.25, -0.2) is 17.6 Å². The Bertz CT molecular complexity index is 373. The number of carbonyl (C=O) groups excluding carboxylic acids is 1. The van der Waals surface area contributed by atoms with E-state index in [-0.39, 0.29) is 6.07 Å². The summed E-state index contributed by atoms with van der Waals surface area (Å²) in [6.07, 6.45) is 0. The number of hydrogen-bond donors (Lipinski definition) is 0. The maximum atomic E-state index is 12.7. The fourth-order valence-electron chi connectivity index (χ4n) is 0.889. The van der Waals surface area contributed by atoms with Crippen molar-refractivity contribution in [2.24, 2.45) is 0 Å². The summed E-state index contributed by atoms with van der Waals surface area (Å²) in [5, 5.41) is 0. The second kappa shape index (κ2) is 3.16. The summed E-state index contributed by atoms with van der Waals surface area (Å²) in [5.41, 5.74) is -1.06. The fraction of sp³-hybridized carbons (Fsp3) is 0.125. The average molecular weight is 192 g/mol. The molecular weight excluding hydrogens is 188 g/mol. The van der Waals surface area contributed by atoms with Crippen LogP contribution >= 0.6 is 0 Å². The molecule has 1 nitrogen and oxygen atoms in total. The van der Waals surface area contributed by atoms with Gasteiger partial charge in [-0.15, -0.1) is 0 Å². The Kier molecular flexibility index (Phi) is 2.36. The third-order valence-corrected chi connectivity index (χ3v) is 1.47. The van der Waals surface area contributed by atoms with Gasteiger partial charge in [0.1, 0.15) is 5.82 Å². The van der Waals surface area contributed by atoms with E-state index in [0.29, 0.717) is 0 Å². The summed E-state index contributed by atoms with van der Waals surface area (Å²) >= 11 is 0. The molecule has 70 valence electrons. The van der Waals surface area contributed by atoms with Crippen molar-refractivity contribution in [1.82, 2.24) is 0 Å². The highest BCUT2D eigenvalue weighted by molar-refractivity contribution is 5.94. The van der Waals surface area contributed by atoms with Gasteiger partial charge in [-0.05, 0) is 6.92 Å². The summed E-state index contributed by atoms with van der Waals surface area (Å²) in [4.78, 5) is 10.6. The molecule has 5 heteroatoms. The largest absolute Gasteiger partial charge is 0.294 e. The Morgan fingerprint density at radius 2 is 1.62 bits per heavy atom. The number of benzene rings is 1. The van der Waals surface area contributed by atoms with Crippen molar-refractivity contribution in [2.45, 2.75) is 6.92 Å². The van der Waals surface area contributed by atoms with Crippen molar-refractivity contribution in [3.05, 3.63) is 34.9 Å². The van der Waals surface area contributed by atoms with Gasteiger partial charge >= 0.3 is 0 Å². The van der Waals surface area contributed by atoms with Gasteiger partial charge in [0.25, 0.3) is 0 Å². The Labute approximate surface area is 71.0 Å². The van der Waals surface area contributed by atoms with Gasteiger partial charge in [-0.2, -0.15) is 0 Å². The van der Waals surface area contributed by atoms with E-state index >= 15 is 0 Å². The molecule has 0 amide bonds. The predicted octanol–water partition coefficient (Wildman–Crippen LogP) is 2.45. The molecule has 0 N–H and O–H groups in total. The minimum Gasteiger partial charge on any atom is -0.294 e. The number of carbonyl (C=O) groups is 1. The van der Waals surface area contributed by atoms with Crippen LogP contribution in [0.4, 0.5) is 17.6 Å². The lowest BCUT2D eigenvalue weighted by atomic mass is 10.1. The smallest absolute Gasteiger partial charge is 0.195 e. The molecule has 1 rings (SSSR count). The van der Waals surface area contributed by atoms with Crippen LogP contribution in [0.5, 0.6) is 0 Å². The zero-order valence-corrected chi connectivity index (χ0v) is 6.50. The summed E-state index contributed by atoms with van der Waals surface area (Å²) < 4.78 is 50.2. The highest BCUT2D eigenvalue weighted by atomic mass is 19.2. The van der Waals surface area contributed by atoms with E-state index in [1.807, 2.05) is 0 Å². The molecule has 1 aromatic carbocycles. The van der Waals surface area contributed by atoms with E-state index in [1.165, 1.54) is 0 Å². The number of rotatable bonds is 1. The first-order chi connectivity index (χ1) is 5.95. The molecule has 0 saturated carbocycles. The van der Waals surface area contributed by atoms with Crippen LogP contribution in [-0.2, 0) is 0 Å². The Hall–Kier alpha value is -1.39. The van der Waals surface area contributed by atoms with Crippen LogP contribution in [-0.4, -0.2) is 5.78 Å². The van der Waals surface area contributed by atoms with Gasteiger partial charge < -0.3 is 0 Å². The van der Waals surface area contributed by atoms with Crippen LogP contribution in [0.2, 0.25) is 0 Å². The first-order valence-corrected chi connectivity index (χ1v) is 3.29. The van der Waals surface area contributed by atoms with Gasteiger partial charge in [0, 0.05) is 6.07 Å². The number of hydrogen-bond acceptors (Lipinski definition) is 1. The molecule has 0 aliphatic heterocycles. The third-order valence-electron chi connectivity index (χ3n) is 1.47. The molecule has 0 spiro atoms. The average Bonchev–Trinajstić information content (AvgIpc) is 1.99. The molecule has 0 fully saturated rings. The second-order valence-electron chi connectivity index (χ2n) is 2.40. The number of Topliss-reactive ketones (excluding diaryl/α,β-unsaturated/α-hetero) is 1. The molecular formula is C8H4F4O. The Morgan fingerprint density at radius 3 is 2.08 bits per heavy atom. The van der Waals surface area contributed by atoms with Crippen LogP contribution in [0.1, 0.15) is 17.3 Å². The van der Waals surface area contributed by atoms with Crippen molar-refractivity contribution in [3.8, 4) is 0 Å². The van der Waals surface area contributed by atoms with Crippen LogP contribution in [0.15, 0.2) is 6.07 Å². The first kappa shape index (κ1) is 9.70. The van der Waals surface area contributed by atoms with Gasteiger partial charge in [-0.1, -0.05) is 0 Å². The maximum Gasteiger partial charge on any atom is 0.195 e. The molecule has 0 aliphatic rings. The molecule has 0 heterocycles. The monoisotopic (exact) mass is 192 g/mol. The van der Waals surface area contributed by atoms with Crippen molar-refractivity contribution in [3.63, 3.8) is 0 Å². The quantitative estimate of drug-likeness (QED) is 0.289. The van der Waals surface area contributed by atoms with Crippen LogP contribution in [0.3, 0.4) is 0 Å². The van der Waals surface area contributed by atoms with Crippen molar-refractivity contribution < 1.29 is 22.4 Å². The predicted molar refractivity (Wildman–Crippen MR) is 36.3 cm³/mol. The molecule has 0 radical (unpaired) electrons. The zero-order valence-electron chi connectivity index (χ0n) is 6.50. The maximum absolute atomic E-state index is 12.7. The van der Waals surface area contributed by atoms with E-state index in [4.69, 9.17) is 0 Å². The van der Waals surface area contributed by atoms with Crippen LogP contribution in [0.25, 0.3) is 0 Å². The van der Waals surface area contributed by atoms with Gasteiger partial charge in [-0.3, -0.25) is 4.79 Å². The first-order valence-electron chi connectivity index (χ1n) is 3.29. The van der Waals surface area contributed by atoms with E-state index < -0.39 is 34.6 Å². The number of halogens is 4. The minimum absolute atomic E-state index is 0.134. The molecule has 0 bridgehead atoms. The molecule has 0 atom stereocenters. The lowest BCUT2D eigenvalue weighted by Crippen LogP contribution is -2.06. The van der Waals surface area contributed by atoms with E-state index in [9.17, 15) is 22.4 Å². The highest BCUT2D eigenvalue weighted by Crippen LogP contribution is 2.19. The van der Waals surface area contributed by atoms with Crippen molar-refractivity contribution in [1.29, 1.82) is 0 Å². The molecule has 0 unspecified atom stereocenters. The Morgan fingerprint density at radius 1 is 1.08 bits per heavy atom. The standard InChI is InChI=1S/C8H4F4O/c1-3(13)6-4(9)2-5(10)7(11)8(6)12/h2H,1H3. The summed E-state index contributed by atoms with van der Waals surface area (Å²) in [6.45, 7) is 0.860. The SMILES string of the molecule is CC(=O)c1c(F)cc(F)c(F)c1F. The van der Waals surface area contributed by atoms with Crippen LogP contribution < -0.4 is 0 Å². The van der Waals surface area contributed by atoms with E-state index in [0.717, 1.165) is 6.92 Å². The lowest BCUT2D eigenvalue weighted by Gasteiger charge is -2.01. The summed E-state index contributed by atoms with van der Waals surface area (Å²) in [7, 11) is 0. The molecule has 13 heavy (non-hydrogen) atoms. The Balaban J connectivity index is 3.53. The molecule has 1 aromatic rings. The van der Waals surface area contributed by atoms with Gasteiger partial charge in [0.2, 0.25) is 0 Å². The minimum atomic E-state index is -1.84. The second-order valence-corrected chi connectivity index (χ2v) is 2.40. The van der Waals surface area contributed by atoms with Crippen molar-refractivity contribution >= 4 is 5.78 Å². The molecule has 0 aliphatic carbocycles. The molecule has 0 aromatic heterocycles. The third kappa shape index (κ3) is 1.54. The van der Waals surface area contributed by atoms with Crippen LogP contribution in [0, 0.1) is 23.3 Å². The summed E-state index contributed by atoms with van der Waals surface area (Å²) in [5.74, 6) is -7.67. The van der Waals surface area contributed by atoms with Gasteiger partial charge in [0.15, 0.2) is 23.2 Å². The number of ketones is 1. The zero-order chi connectivity index (χ0) is 10.2. The topological polar surface area (TPSA) is 17.1 Å². The van der Waals surface area contributed by atoms with Gasteiger partial charge in [0.05, 0.1) is 5.56 Å². The van der Waals surface area contributed by atoms with Crippen molar-refractivity contribution in [2.75, 3.05) is 0 Å². The van der Waals surface area contributed by atoms with E-state index in [1.54, 1.807) is 0 Å². The summed E-state index contributed by atoms with van der Waals surface area (Å²) in [6, 6.07) is 0.134. The molecule has 0 saturated heterocycles. The van der Waals surface area contributed by atoms with E-state index in [2.05, 4.69) is 0 Å².